The maximum atomic E-state index is 8.86. The predicted molar refractivity (Wildman–Crippen MR) is 99.5 cm³/mol. The largest absolute Gasteiger partial charge is 0.309 e. The summed E-state index contributed by atoms with van der Waals surface area (Å²) in [5.74, 6) is 0. The fourth-order valence-electron chi connectivity index (χ4n) is 2.98. The van der Waals surface area contributed by atoms with Crippen LogP contribution in [0.3, 0.4) is 0 Å². The van der Waals surface area contributed by atoms with E-state index in [1.807, 2.05) is 73.9 Å². The first kappa shape index (κ1) is 10.3. The molecule has 4 rings (SSSR count). The number of aromatic nitrogens is 1. The van der Waals surface area contributed by atoms with Gasteiger partial charge in [0.2, 0.25) is 0 Å². The van der Waals surface area contributed by atoms with Gasteiger partial charge in [0.25, 0.3) is 0 Å². The highest BCUT2D eigenvalue weighted by Crippen LogP contribution is 2.33. The molecule has 114 valence electrons. The molecule has 0 radical (unpaired) electrons. The minimum atomic E-state index is -0.467. The van der Waals surface area contributed by atoms with Crippen molar-refractivity contribution in [3.63, 3.8) is 0 Å². The van der Waals surface area contributed by atoms with Crippen LogP contribution in [0.1, 0.15) is 31.8 Å². The summed E-state index contributed by atoms with van der Waals surface area (Å²) in [5.41, 5.74) is 2.21. The van der Waals surface area contributed by atoms with Crippen LogP contribution in [0.15, 0.2) is 72.7 Å². The average molecular weight is 303 g/mol. The quantitative estimate of drug-likeness (QED) is 0.401. The second-order valence-corrected chi connectivity index (χ2v) is 6.84. The fourth-order valence-corrected chi connectivity index (χ4v) is 2.98. The number of fused-ring (bicyclic) bond motifs is 3. The summed E-state index contributed by atoms with van der Waals surface area (Å²) in [6, 6.07) is 15.8. The van der Waals surface area contributed by atoms with E-state index in [-0.39, 0.29) is 24.2 Å². The van der Waals surface area contributed by atoms with Crippen molar-refractivity contribution < 1.29 is 5.48 Å². The van der Waals surface area contributed by atoms with E-state index < -0.39 is 5.41 Å². The molecule has 0 spiro atoms. The van der Waals surface area contributed by atoms with Gasteiger partial charge in [0.05, 0.1) is 16.5 Å². The molecule has 0 bridgehead atoms. The highest BCUT2D eigenvalue weighted by molar-refractivity contribution is 6.09. The first-order chi connectivity index (χ1) is 12.7. The van der Waals surface area contributed by atoms with E-state index in [2.05, 4.69) is 0 Å². The van der Waals surface area contributed by atoms with Crippen LogP contribution in [-0.2, 0) is 5.41 Å². The second kappa shape index (κ2) is 4.99. The fraction of sp³-hybridized carbons (Fsp3) is 0.182. The van der Waals surface area contributed by atoms with E-state index in [1.165, 1.54) is 0 Å². The normalized spacial score (nSPS) is 14.6. The number of para-hydroxylation sites is 2. The number of hydrogen-bond donors (Lipinski definition) is 0. The Bertz CT molecular complexity index is 1150. The van der Waals surface area contributed by atoms with Gasteiger partial charge in [-0.3, -0.25) is 0 Å². The Kier molecular flexibility index (Phi) is 2.23. The van der Waals surface area contributed by atoms with E-state index in [1.54, 1.807) is 0 Å². The number of nitrogens with zero attached hydrogens (tertiary/aromatic N) is 1. The van der Waals surface area contributed by atoms with Crippen molar-refractivity contribution in [3.05, 3.63) is 78.3 Å². The van der Waals surface area contributed by atoms with Gasteiger partial charge in [0.1, 0.15) is 0 Å². The molecule has 0 aliphatic heterocycles. The van der Waals surface area contributed by atoms with Gasteiger partial charge in [-0.25, -0.2) is 0 Å². The zero-order valence-electron chi connectivity index (χ0n) is 17.6. The molecule has 0 fully saturated rings. The van der Waals surface area contributed by atoms with Crippen molar-refractivity contribution in [1.82, 2.24) is 4.57 Å². The summed E-state index contributed by atoms with van der Waals surface area (Å²) in [5, 5.41) is 2.09. The van der Waals surface area contributed by atoms with Crippen molar-refractivity contribution in [3.8, 4) is 5.69 Å². The zero-order valence-corrected chi connectivity index (χ0v) is 13.6. The Hall–Kier alpha value is -2.54. The molecule has 0 aliphatic carbocycles. The van der Waals surface area contributed by atoms with Crippen molar-refractivity contribution in [2.24, 2.45) is 0 Å². The third kappa shape index (κ3) is 2.24. The molecule has 1 heteroatoms. The molecule has 1 nitrogen and oxygen atoms in total. The van der Waals surface area contributed by atoms with Crippen molar-refractivity contribution in [1.29, 1.82) is 0 Å². The monoisotopic (exact) mass is 303 g/mol. The van der Waals surface area contributed by atoms with Gasteiger partial charge in [-0.15, -0.1) is 0 Å². The Morgan fingerprint density at radius 3 is 1.96 bits per heavy atom. The third-order valence-electron chi connectivity index (χ3n) is 4.17. The molecule has 0 amide bonds. The predicted octanol–water partition coefficient (Wildman–Crippen LogP) is 6.08. The first-order valence-electron chi connectivity index (χ1n) is 9.83. The van der Waals surface area contributed by atoms with Gasteiger partial charge in [-0.1, -0.05) is 69.3 Å². The Morgan fingerprint density at radius 2 is 1.39 bits per heavy atom. The lowest BCUT2D eigenvalue weighted by molar-refractivity contribution is 0.590. The summed E-state index contributed by atoms with van der Waals surface area (Å²) in [7, 11) is 0. The van der Waals surface area contributed by atoms with Gasteiger partial charge in [-0.2, -0.15) is 0 Å². The molecule has 1 heterocycles. The minimum absolute atomic E-state index is 0.0259. The molecular weight excluding hydrogens is 278 g/mol. The van der Waals surface area contributed by atoms with Crippen LogP contribution in [0.25, 0.3) is 27.5 Å². The lowest BCUT2D eigenvalue weighted by Crippen LogP contribution is -2.11. The maximum absolute atomic E-state index is 8.86. The smallest absolute Gasteiger partial charge is 0.0648 e. The molecule has 3 aromatic carbocycles. The number of rotatable bonds is 1. The van der Waals surface area contributed by atoms with Crippen molar-refractivity contribution in [2.45, 2.75) is 26.2 Å². The lowest BCUT2D eigenvalue weighted by atomic mass is 9.87. The summed E-state index contributed by atoms with van der Waals surface area (Å²) in [4.78, 5) is 0. The van der Waals surface area contributed by atoms with Crippen LogP contribution in [0.5, 0.6) is 0 Å². The summed E-state index contributed by atoms with van der Waals surface area (Å²) >= 11 is 0. The molecular formula is C22H21N. The maximum Gasteiger partial charge on any atom is 0.0648 e. The second-order valence-electron chi connectivity index (χ2n) is 6.84. The van der Waals surface area contributed by atoms with Crippen LogP contribution in [-0.4, -0.2) is 4.57 Å². The molecule has 23 heavy (non-hydrogen) atoms. The van der Waals surface area contributed by atoms with Crippen molar-refractivity contribution in [2.75, 3.05) is 0 Å². The van der Waals surface area contributed by atoms with Crippen LogP contribution in [0.4, 0.5) is 0 Å². The number of hydrogen-bond acceptors (Lipinski definition) is 0. The molecule has 0 saturated heterocycles. The Morgan fingerprint density at radius 1 is 0.826 bits per heavy atom. The van der Waals surface area contributed by atoms with E-state index in [0.29, 0.717) is 11.3 Å². The van der Waals surface area contributed by atoms with Crippen molar-refractivity contribution >= 4 is 21.8 Å². The topological polar surface area (TPSA) is 4.93 Å². The summed E-state index contributed by atoms with van der Waals surface area (Å²) in [6.07, 6.45) is 0. The SMILES string of the molecule is [2H]c1c([2H])c(-n2c3ccccc3c3ccccc32)c([2H])c(C(C)(C)C)c1[2H]. The molecule has 4 aromatic rings. The van der Waals surface area contributed by atoms with Crippen LogP contribution in [0.2, 0.25) is 0 Å². The zero-order chi connectivity index (χ0) is 19.5. The summed E-state index contributed by atoms with van der Waals surface area (Å²) in [6.45, 7) is 5.82. The third-order valence-corrected chi connectivity index (χ3v) is 4.17. The van der Waals surface area contributed by atoms with Gasteiger partial charge in [-0.05, 0) is 35.2 Å². The molecule has 1 aromatic heterocycles. The molecule has 0 saturated carbocycles. The highest BCUT2D eigenvalue weighted by Gasteiger charge is 2.16. The Balaban J connectivity index is 2.25. The molecule has 0 unspecified atom stereocenters. The van der Waals surface area contributed by atoms with Gasteiger partial charge < -0.3 is 4.57 Å². The van der Waals surface area contributed by atoms with E-state index in [4.69, 9.17) is 5.48 Å². The summed E-state index contributed by atoms with van der Waals surface area (Å²) < 4.78 is 36.0. The van der Waals surface area contributed by atoms with E-state index >= 15 is 0 Å². The van der Waals surface area contributed by atoms with Crippen LogP contribution >= 0.6 is 0 Å². The minimum Gasteiger partial charge on any atom is -0.309 e. The van der Waals surface area contributed by atoms with E-state index in [9.17, 15) is 0 Å². The van der Waals surface area contributed by atoms with Crippen LogP contribution in [0, 0.1) is 0 Å². The van der Waals surface area contributed by atoms with Crippen LogP contribution < -0.4 is 0 Å². The molecule has 0 atom stereocenters. The highest BCUT2D eigenvalue weighted by atomic mass is 15.0. The molecule has 0 N–H and O–H groups in total. The van der Waals surface area contributed by atoms with Gasteiger partial charge in [0, 0.05) is 16.5 Å². The first-order valence-corrected chi connectivity index (χ1v) is 7.83. The van der Waals surface area contributed by atoms with E-state index in [0.717, 1.165) is 21.8 Å². The van der Waals surface area contributed by atoms with Gasteiger partial charge in [0.15, 0.2) is 0 Å². The standard InChI is InChI=1S/C22H21N/c1-22(2,3)16-9-8-10-17(15-16)23-20-13-6-4-11-18(20)19-12-5-7-14-21(19)23/h4-15H,1-3H3/i8D,9D,10D,15D. The average Bonchev–Trinajstić information content (AvgIpc) is 2.94. The molecule has 0 aliphatic rings. The Labute approximate surface area is 142 Å². The van der Waals surface area contributed by atoms with Gasteiger partial charge >= 0.3 is 0 Å². The lowest BCUT2D eigenvalue weighted by Gasteiger charge is -2.20. The number of benzene rings is 3.